The average Bonchev–Trinajstić information content (AvgIpc) is 2.45. The molecule has 0 amide bonds. The summed E-state index contributed by atoms with van der Waals surface area (Å²) >= 11 is 0. The smallest absolute Gasteiger partial charge is 0.335 e. The van der Waals surface area contributed by atoms with Gasteiger partial charge in [-0.15, -0.1) is 0 Å². The summed E-state index contributed by atoms with van der Waals surface area (Å²) in [5, 5.41) is 17.1. The summed E-state index contributed by atoms with van der Waals surface area (Å²) in [7, 11) is -3.97. The maximum absolute atomic E-state index is 11.4. The zero-order chi connectivity index (χ0) is 15.5. The molecule has 0 heterocycles. The van der Waals surface area contributed by atoms with E-state index in [0.29, 0.717) is 12.2 Å². The third kappa shape index (κ3) is 4.04. The maximum Gasteiger partial charge on any atom is 0.335 e. The van der Waals surface area contributed by atoms with Crippen LogP contribution in [0.3, 0.4) is 0 Å². The molecule has 2 aromatic rings. The van der Waals surface area contributed by atoms with Gasteiger partial charge in [0.1, 0.15) is 0 Å². The number of primary sulfonamides is 1. The normalized spacial score (nSPS) is 11.1. The molecule has 0 saturated carbocycles. The second-order valence-corrected chi connectivity index (χ2v) is 6.00. The van der Waals surface area contributed by atoms with Crippen molar-refractivity contribution in [1.82, 2.24) is 0 Å². The van der Waals surface area contributed by atoms with Crippen LogP contribution in [0.25, 0.3) is 0 Å². The molecule has 6 nitrogen and oxygen atoms in total. The largest absolute Gasteiger partial charge is 0.478 e. The molecule has 110 valence electrons. The summed E-state index contributed by atoms with van der Waals surface area (Å²) in [6.07, 6.45) is 0. The van der Waals surface area contributed by atoms with E-state index in [9.17, 15) is 13.2 Å². The van der Waals surface area contributed by atoms with Crippen LogP contribution in [0.5, 0.6) is 0 Å². The SMILES string of the molecule is NS(=O)(=O)c1cc(NCc2ccccc2)cc(C(=O)O)c1. The first-order valence-electron chi connectivity index (χ1n) is 6.05. The summed E-state index contributed by atoms with van der Waals surface area (Å²) < 4.78 is 22.8. The van der Waals surface area contributed by atoms with Crippen molar-refractivity contribution >= 4 is 21.7 Å². The van der Waals surface area contributed by atoms with Crippen LogP contribution in [-0.2, 0) is 16.6 Å². The molecule has 0 aliphatic carbocycles. The molecular weight excluding hydrogens is 292 g/mol. The number of carbonyl (C=O) groups is 1. The lowest BCUT2D eigenvalue weighted by Gasteiger charge is -2.09. The molecule has 0 aliphatic heterocycles. The first kappa shape index (κ1) is 15.0. The highest BCUT2D eigenvalue weighted by molar-refractivity contribution is 7.89. The minimum Gasteiger partial charge on any atom is -0.478 e. The summed E-state index contributed by atoms with van der Waals surface area (Å²) in [5.74, 6) is -1.22. The molecule has 0 saturated heterocycles. The predicted molar refractivity (Wildman–Crippen MR) is 78.5 cm³/mol. The van der Waals surface area contributed by atoms with E-state index in [4.69, 9.17) is 10.2 Å². The minimum atomic E-state index is -3.97. The molecule has 0 radical (unpaired) electrons. The molecule has 0 aromatic heterocycles. The van der Waals surface area contributed by atoms with E-state index in [-0.39, 0.29) is 10.5 Å². The van der Waals surface area contributed by atoms with Crippen molar-refractivity contribution in [1.29, 1.82) is 0 Å². The van der Waals surface area contributed by atoms with Gasteiger partial charge in [0, 0.05) is 12.2 Å². The highest BCUT2D eigenvalue weighted by atomic mass is 32.2. The van der Waals surface area contributed by atoms with Crippen molar-refractivity contribution in [2.45, 2.75) is 11.4 Å². The fourth-order valence-corrected chi connectivity index (χ4v) is 2.37. The van der Waals surface area contributed by atoms with Crippen molar-refractivity contribution in [3.8, 4) is 0 Å². The standard InChI is InChI=1S/C14H14N2O4S/c15-21(19,20)13-7-11(14(17)18)6-12(8-13)16-9-10-4-2-1-3-5-10/h1-8,16H,9H2,(H,17,18)(H2,15,19,20). The number of nitrogens with two attached hydrogens (primary N) is 1. The van der Waals surface area contributed by atoms with Gasteiger partial charge in [0.05, 0.1) is 10.5 Å². The van der Waals surface area contributed by atoms with Gasteiger partial charge in [0.25, 0.3) is 0 Å². The van der Waals surface area contributed by atoms with Gasteiger partial charge < -0.3 is 10.4 Å². The molecule has 21 heavy (non-hydrogen) atoms. The lowest BCUT2D eigenvalue weighted by Crippen LogP contribution is -2.14. The molecule has 2 rings (SSSR count). The Morgan fingerprint density at radius 3 is 2.38 bits per heavy atom. The lowest BCUT2D eigenvalue weighted by atomic mass is 10.2. The van der Waals surface area contributed by atoms with Gasteiger partial charge in [-0.1, -0.05) is 30.3 Å². The van der Waals surface area contributed by atoms with Gasteiger partial charge in [0.15, 0.2) is 0 Å². The Morgan fingerprint density at radius 2 is 1.81 bits per heavy atom. The Kier molecular flexibility index (Phi) is 4.25. The van der Waals surface area contributed by atoms with Gasteiger partial charge in [-0.05, 0) is 23.8 Å². The molecule has 0 atom stereocenters. The Morgan fingerprint density at radius 1 is 1.14 bits per heavy atom. The van der Waals surface area contributed by atoms with Crippen molar-refractivity contribution in [3.63, 3.8) is 0 Å². The van der Waals surface area contributed by atoms with E-state index in [2.05, 4.69) is 5.32 Å². The molecular formula is C14H14N2O4S. The predicted octanol–water partition coefficient (Wildman–Crippen LogP) is 1.64. The minimum absolute atomic E-state index is 0.142. The van der Waals surface area contributed by atoms with E-state index >= 15 is 0 Å². The molecule has 4 N–H and O–H groups in total. The summed E-state index contributed by atoms with van der Waals surface area (Å²) in [6.45, 7) is 0.438. The van der Waals surface area contributed by atoms with Crippen LogP contribution in [0.1, 0.15) is 15.9 Å². The third-order valence-electron chi connectivity index (χ3n) is 2.82. The third-order valence-corrected chi connectivity index (χ3v) is 3.71. The van der Waals surface area contributed by atoms with Crippen molar-refractivity contribution < 1.29 is 18.3 Å². The number of anilines is 1. The van der Waals surface area contributed by atoms with Crippen LogP contribution in [0.2, 0.25) is 0 Å². The highest BCUT2D eigenvalue weighted by Crippen LogP contribution is 2.19. The van der Waals surface area contributed by atoms with Gasteiger partial charge in [-0.3, -0.25) is 0 Å². The average molecular weight is 306 g/mol. The first-order valence-corrected chi connectivity index (χ1v) is 7.60. The van der Waals surface area contributed by atoms with Crippen LogP contribution in [0.15, 0.2) is 53.4 Å². The van der Waals surface area contributed by atoms with Crippen LogP contribution >= 0.6 is 0 Å². The number of carboxylic acids is 1. The Labute approximate surface area is 122 Å². The molecule has 7 heteroatoms. The topological polar surface area (TPSA) is 109 Å². The van der Waals surface area contributed by atoms with Gasteiger partial charge >= 0.3 is 5.97 Å². The fourth-order valence-electron chi connectivity index (χ4n) is 1.79. The quantitative estimate of drug-likeness (QED) is 0.778. The van der Waals surface area contributed by atoms with Crippen LogP contribution in [0.4, 0.5) is 5.69 Å². The van der Waals surface area contributed by atoms with Crippen LogP contribution in [0, 0.1) is 0 Å². The van der Waals surface area contributed by atoms with Crippen molar-refractivity contribution in [2.75, 3.05) is 5.32 Å². The summed E-state index contributed by atoms with van der Waals surface area (Å²) in [4.78, 5) is 10.8. The molecule has 0 fully saturated rings. The van der Waals surface area contributed by atoms with E-state index in [1.54, 1.807) is 0 Å². The van der Waals surface area contributed by atoms with Crippen LogP contribution < -0.4 is 10.5 Å². The van der Waals surface area contributed by atoms with E-state index in [1.165, 1.54) is 12.1 Å². The number of sulfonamides is 1. The molecule has 0 aliphatic rings. The van der Waals surface area contributed by atoms with E-state index in [1.807, 2.05) is 30.3 Å². The first-order chi connectivity index (χ1) is 9.86. The second-order valence-electron chi connectivity index (χ2n) is 4.44. The fraction of sp³-hybridized carbons (Fsp3) is 0.0714. The maximum atomic E-state index is 11.4. The van der Waals surface area contributed by atoms with Gasteiger partial charge in [-0.2, -0.15) is 0 Å². The number of nitrogens with one attached hydrogen (secondary N) is 1. The number of benzene rings is 2. The summed E-state index contributed by atoms with van der Waals surface area (Å²) in [5.41, 5.74) is 1.22. The Hall–Kier alpha value is -2.38. The molecule has 0 bridgehead atoms. The van der Waals surface area contributed by atoms with Gasteiger partial charge in [0.2, 0.25) is 10.0 Å². The Balaban J connectivity index is 2.30. The molecule has 0 unspecified atom stereocenters. The highest BCUT2D eigenvalue weighted by Gasteiger charge is 2.14. The number of aromatic carboxylic acids is 1. The Bertz CT molecular complexity index is 758. The van der Waals surface area contributed by atoms with Crippen molar-refractivity contribution in [3.05, 3.63) is 59.7 Å². The summed E-state index contributed by atoms with van der Waals surface area (Å²) in [6, 6.07) is 13.1. The van der Waals surface area contributed by atoms with Gasteiger partial charge in [-0.25, -0.2) is 18.4 Å². The zero-order valence-electron chi connectivity index (χ0n) is 11.0. The zero-order valence-corrected chi connectivity index (χ0v) is 11.8. The number of rotatable bonds is 5. The van der Waals surface area contributed by atoms with Crippen LogP contribution in [-0.4, -0.2) is 19.5 Å². The number of carboxylic acid groups (broad SMARTS) is 1. The number of hydrogen-bond acceptors (Lipinski definition) is 4. The monoisotopic (exact) mass is 306 g/mol. The number of hydrogen-bond donors (Lipinski definition) is 3. The molecule has 0 spiro atoms. The van der Waals surface area contributed by atoms with E-state index in [0.717, 1.165) is 11.6 Å². The van der Waals surface area contributed by atoms with E-state index < -0.39 is 16.0 Å². The lowest BCUT2D eigenvalue weighted by molar-refractivity contribution is 0.0696. The van der Waals surface area contributed by atoms with Crippen molar-refractivity contribution in [2.24, 2.45) is 5.14 Å². The second kappa shape index (κ2) is 5.94. The molecule has 2 aromatic carbocycles.